The molecule has 2 fully saturated rings. The number of ether oxygens (including phenoxy) is 2. The van der Waals surface area contributed by atoms with Crippen LogP contribution in [-0.4, -0.2) is 87.4 Å². The van der Waals surface area contributed by atoms with E-state index in [9.17, 15) is 9.59 Å². The lowest BCUT2D eigenvalue weighted by molar-refractivity contribution is -0.134. The number of rotatable bonds is 2. The third-order valence-corrected chi connectivity index (χ3v) is 6.34. The Kier molecular flexibility index (Phi) is 14.9. The predicted molar refractivity (Wildman–Crippen MR) is 170 cm³/mol. The molecular formula is C33H54N4O6. The second-order valence-electron chi connectivity index (χ2n) is 12.8. The number of carboxylic acid groups (broad SMARTS) is 1. The van der Waals surface area contributed by atoms with Crippen molar-refractivity contribution in [2.45, 2.75) is 106 Å². The van der Waals surface area contributed by atoms with E-state index in [2.05, 4.69) is 48.3 Å². The maximum Gasteiger partial charge on any atom is 0.414 e. The summed E-state index contributed by atoms with van der Waals surface area (Å²) in [4.78, 5) is 39.3. The Bertz CT molecular complexity index is 1100. The van der Waals surface area contributed by atoms with Crippen LogP contribution in [0.2, 0.25) is 0 Å². The van der Waals surface area contributed by atoms with E-state index in [1.165, 1.54) is 5.56 Å². The molecule has 2 N–H and O–H groups in total. The zero-order valence-corrected chi connectivity index (χ0v) is 28.1. The number of nitrogens with zero attached hydrogens (tertiary/aromatic N) is 3. The Labute approximate surface area is 258 Å². The van der Waals surface area contributed by atoms with Crippen molar-refractivity contribution in [1.82, 2.24) is 20.0 Å². The third kappa shape index (κ3) is 14.6. The highest BCUT2D eigenvalue weighted by molar-refractivity contribution is 5.71. The fraction of sp³-hybridized carbons (Fsp3) is 0.606. The van der Waals surface area contributed by atoms with Crippen molar-refractivity contribution in [2.24, 2.45) is 0 Å². The van der Waals surface area contributed by atoms with Crippen LogP contribution in [0.1, 0.15) is 81.7 Å². The van der Waals surface area contributed by atoms with E-state index >= 15 is 0 Å². The highest BCUT2D eigenvalue weighted by Crippen LogP contribution is 2.23. The number of hydrogen-bond donors (Lipinski definition) is 2. The molecule has 0 radical (unpaired) electrons. The molecule has 0 unspecified atom stereocenters. The molecule has 1 aromatic carbocycles. The molecule has 2 aliphatic rings. The Morgan fingerprint density at radius 2 is 1.35 bits per heavy atom. The number of hydrogen-bond acceptors (Lipinski definition) is 7. The Morgan fingerprint density at radius 3 is 1.79 bits per heavy atom. The maximum absolute atomic E-state index is 12.4. The van der Waals surface area contributed by atoms with Gasteiger partial charge in [-0.3, -0.25) is 19.5 Å². The Hall–Kier alpha value is -3.37. The minimum absolute atomic E-state index is 0.253. The van der Waals surface area contributed by atoms with Gasteiger partial charge in [-0.25, -0.2) is 9.59 Å². The molecule has 0 bridgehead atoms. The smallest absolute Gasteiger partial charge is 0.414 e. The van der Waals surface area contributed by atoms with Crippen molar-refractivity contribution >= 4 is 18.2 Å². The van der Waals surface area contributed by atoms with E-state index in [0.29, 0.717) is 19.1 Å². The number of benzene rings is 1. The van der Waals surface area contributed by atoms with Gasteiger partial charge in [-0.2, -0.15) is 0 Å². The van der Waals surface area contributed by atoms with Crippen LogP contribution in [0.15, 0.2) is 53.9 Å². The molecule has 2 aliphatic heterocycles. The molecule has 1 aromatic rings. The van der Waals surface area contributed by atoms with Crippen molar-refractivity contribution in [3.8, 4) is 0 Å². The molecule has 2 atom stereocenters. The average Bonchev–Trinajstić information content (AvgIpc) is 2.88. The highest BCUT2D eigenvalue weighted by atomic mass is 16.6. The van der Waals surface area contributed by atoms with Gasteiger partial charge in [-0.05, 0) is 74.8 Å². The van der Waals surface area contributed by atoms with E-state index in [1.54, 1.807) is 9.80 Å². The highest BCUT2D eigenvalue weighted by Gasteiger charge is 2.33. The van der Waals surface area contributed by atoms with Crippen LogP contribution in [0.25, 0.3) is 0 Å². The fourth-order valence-electron chi connectivity index (χ4n) is 4.33. The number of nitrogens with one attached hydrogen (secondary N) is 1. The van der Waals surface area contributed by atoms with Gasteiger partial charge in [0.25, 0.3) is 5.97 Å². The molecule has 2 saturated heterocycles. The molecule has 43 heavy (non-hydrogen) atoms. The monoisotopic (exact) mass is 602 g/mol. The Balaban J connectivity index is 0.000000402. The second kappa shape index (κ2) is 17.1. The largest absolute Gasteiger partial charge is 0.481 e. The number of aliphatic carboxylic acids is 1. The summed E-state index contributed by atoms with van der Waals surface area (Å²) in [6, 6.07) is 11.0. The molecule has 10 nitrogen and oxygen atoms in total. The van der Waals surface area contributed by atoms with Gasteiger partial charge in [0.1, 0.15) is 11.2 Å². The first kappa shape index (κ1) is 37.7. The molecule has 10 heteroatoms. The lowest BCUT2D eigenvalue weighted by Gasteiger charge is -2.41. The summed E-state index contributed by atoms with van der Waals surface area (Å²) in [5, 5.41) is 10.7. The molecule has 0 aromatic heterocycles. The van der Waals surface area contributed by atoms with Gasteiger partial charge in [-0.15, -0.1) is 0 Å². The number of carboxylic acids is 1. The second-order valence-corrected chi connectivity index (χ2v) is 12.8. The molecule has 0 spiro atoms. The van der Waals surface area contributed by atoms with Crippen LogP contribution in [-0.2, 0) is 20.8 Å². The Morgan fingerprint density at radius 1 is 0.884 bits per heavy atom. The number of allylic oxidation sites excluding steroid dienone is 2. The lowest BCUT2D eigenvalue weighted by Crippen LogP contribution is -2.52. The summed E-state index contributed by atoms with van der Waals surface area (Å²) < 4.78 is 10.9. The summed E-state index contributed by atoms with van der Waals surface area (Å²) in [5.74, 6) is -0.833. The van der Waals surface area contributed by atoms with Gasteiger partial charge < -0.3 is 19.9 Å². The first-order valence-corrected chi connectivity index (χ1v) is 14.9. The average molecular weight is 603 g/mol. The molecular weight excluding hydrogens is 548 g/mol. The summed E-state index contributed by atoms with van der Waals surface area (Å²) in [7, 11) is 0. The van der Waals surface area contributed by atoms with Crippen LogP contribution in [0, 0.1) is 0 Å². The molecule has 242 valence electrons. The van der Waals surface area contributed by atoms with Gasteiger partial charge in [0.2, 0.25) is 0 Å². The minimum Gasteiger partial charge on any atom is -0.481 e. The van der Waals surface area contributed by atoms with E-state index in [-0.39, 0.29) is 18.2 Å². The van der Waals surface area contributed by atoms with E-state index in [0.717, 1.165) is 38.0 Å². The molecule has 2 amide bonds. The predicted octanol–water partition coefficient (Wildman–Crippen LogP) is 6.24. The van der Waals surface area contributed by atoms with Gasteiger partial charge >= 0.3 is 12.2 Å². The summed E-state index contributed by atoms with van der Waals surface area (Å²) in [6.45, 7) is 24.2. The topological polar surface area (TPSA) is 112 Å². The molecule has 0 saturated carbocycles. The third-order valence-electron chi connectivity index (χ3n) is 6.34. The fourth-order valence-corrected chi connectivity index (χ4v) is 4.33. The number of amides is 2. The molecule has 0 aliphatic carbocycles. The van der Waals surface area contributed by atoms with E-state index in [4.69, 9.17) is 19.4 Å². The van der Waals surface area contributed by atoms with Crippen molar-refractivity contribution in [1.29, 1.82) is 0 Å². The summed E-state index contributed by atoms with van der Waals surface area (Å²) in [5.41, 5.74) is 2.37. The van der Waals surface area contributed by atoms with Crippen molar-refractivity contribution in [3.63, 3.8) is 0 Å². The standard InChI is InChI=1S/C19H28N2O2.C12H22N2O2.C2H4O2/c1-6-17-14-20(13-16-10-8-7-9-11-16)15(2)12-21(17)18(22)23-19(3,4)5;1-6-10-7-13-9(2)8-14(10)11(15)16-12(3,4)5;1-2(3)4/h6-11,15H,12-14H2,1-5H3;6,9,13H,7-8H2,1-5H3;1H3,(H,3,4)/b17-6+;10-6+;/t15-;9-;/m11./s1. The SMILES string of the molecule is C/C=C1\CN(Cc2ccccc2)[C@H](C)CN1C(=O)OC(C)(C)C.C/C=C1\CN[C@H](C)CN1C(=O)OC(C)(C)C.CC(=O)O. The zero-order valence-electron chi connectivity index (χ0n) is 28.1. The summed E-state index contributed by atoms with van der Waals surface area (Å²) >= 11 is 0. The quantitative estimate of drug-likeness (QED) is 0.409. The normalized spacial score (nSPS) is 21.3. The van der Waals surface area contributed by atoms with Crippen LogP contribution in [0.3, 0.4) is 0 Å². The van der Waals surface area contributed by atoms with Gasteiger partial charge in [0, 0.05) is 63.1 Å². The van der Waals surface area contributed by atoms with Crippen molar-refractivity contribution < 1.29 is 29.0 Å². The van der Waals surface area contributed by atoms with E-state index in [1.807, 2.05) is 73.6 Å². The van der Waals surface area contributed by atoms with Gasteiger partial charge in [0.05, 0.1) is 0 Å². The lowest BCUT2D eigenvalue weighted by atomic mass is 10.1. The maximum atomic E-state index is 12.4. The minimum atomic E-state index is -0.833. The number of carbonyl (C=O) groups excluding carboxylic acids is 2. The van der Waals surface area contributed by atoms with Gasteiger partial charge in [-0.1, -0.05) is 42.5 Å². The first-order valence-electron chi connectivity index (χ1n) is 14.9. The summed E-state index contributed by atoms with van der Waals surface area (Å²) in [6.07, 6.45) is 3.45. The van der Waals surface area contributed by atoms with Crippen molar-refractivity contribution in [2.75, 3.05) is 26.2 Å². The molecule has 2 heterocycles. The number of carbonyl (C=O) groups is 3. The van der Waals surface area contributed by atoms with Crippen LogP contribution in [0.4, 0.5) is 9.59 Å². The first-order chi connectivity index (χ1) is 19.9. The van der Waals surface area contributed by atoms with Gasteiger partial charge in [0.15, 0.2) is 0 Å². The zero-order chi connectivity index (χ0) is 33.0. The van der Waals surface area contributed by atoms with Crippen LogP contribution < -0.4 is 5.32 Å². The van der Waals surface area contributed by atoms with Crippen LogP contribution >= 0.6 is 0 Å². The molecule has 3 rings (SSSR count). The van der Waals surface area contributed by atoms with E-state index < -0.39 is 17.2 Å². The number of piperazine rings is 2. The van der Waals surface area contributed by atoms with Crippen molar-refractivity contribution in [3.05, 3.63) is 59.4 Å². The van der Waals surface area contributed by atoms with Crippen LogP contribution in [0.5, 0.6) is 0 Å².